The molecule has 2 saturated heterocycles. The minimum absolute atomic E-state index is 0.00307. The van der Waals surface area contributed by atoms with Gasteiger partial charge in [0.2, 0.25) is 12.0 Å². The standard InChI is InChI=1S/C14H19F3N2O5/c1-2-3-11(20)19-5-4-8(14(15,16)17)9(6-19)18-12(21)10-7-23-13(22)24-10/h8-10H,2-7H2,1H3,(H,18,21). The maximum atomic E-state index is 13.2. The molecule has 0 aromatic carbocycles. The monoisotopic (exact) mass is 352 g/mol. The van der Waals surface area contributed by atoms with E-state index in [1.807, 2.05) is 0 Å². The van der Waals surface area contributed by atoms with E-state index in [1.54, 1.807) is 6.92 Å². The lowest BCUT2D eigenvalue weighted by Gasteiger charge is -2.39. The Kier molecular flexibility index (Phi) is 5.55. The van der Waals surface area contributed by atoms with E-state index in [2.05, 4.69) is 14.8 Å². The molecule has 1 N–H and O–H groups in total. The molecule has 0 aromatic rings. The zero-order chi connectivity index (χ0) is 17.9. The minimum atomic E-state index is -4.50. The number of rotatable bonds is 4. The number of hydrogen-bond acceptors (Lipinski definition) is 5. The summed E-state index contributed by atoms with van der Waals surface area (Å²) in [5.74, 6) is -2.86. The zero-order valence-electron chi connectivity index (χ0n) is 13.1. The van der Waals surface area contributed by atoms with Crippen LogP contribution >= 0.6 is 0 Å². The average Bonchev–Trinajstić information content (AvgIpc) is 2.93. The number of amides is 2. The van der Waals surface area contributed by atoms with Gasteiger partial charge in [-0.15, -0.1) is 0 Å². The molecule has 2 heterocycles. The predicted octanol–water partition coefficient (Wildman–Crippen LogP) is 1.22. The van der Waals surface area contributed by atoms with Gasteiger partial charge in [0, 0.05) is 19.5 Å². The van der Waals surface area contributed by atoms with Gasteiger partial charge in [-0.3, -0.25) is 9.59 Å². The van der Waals surface area contributed by atoms with Crippen LogP contribution in [-0.4, -0.2) is 60.9 Å². The first-order valence-corrected chi connectivity index (χ1v) is 7.70. The topological polar surface area (TPSA) is 84.9 Å². The second kappa shape index (κ2) is 7.27. The number of cyclic esters (lactones) is 2. The smallest absolute Gasteiger partial charge is 0.430 e. The fourth-order valence-electron chi connectivity index (χ4n) is 2.82. The molecule has 24 heavy (non-hydrogen) atoms. The van der Waals surface area contributed by atoms with Gasteiger partial charge in [-0.25, -0.2) is 4.79 Å². The SMILES string of the molecule is CCCC(=O)N1CCC(C(F)(F)F)C(NC(=O)C2COC(=O)O2)C1. The van der Waals surface area contributed by atoms with Gasteiger partial charge < -0.3 is 19.7 Å². The van der Waals surface area contributed by atoms with Crippen molar-refractivity contribution in [1.29, 1.82) is 0 Å². The van der Waals surface area contributed by atoms with E-state index in [1.165, 1.54) is 4.90 Å². The van der Waals surface area contributed by atoms with Crippen molar-refractivity contribution in [2.24, 2.45) is 5.92 Å². The van der Waals surface area contributed by atoms with Gasteiger partial charge in [0.05, 0.1) is 12.0 Å². The molecule has 0 radical (unpaired) electrons. The molecule has 10 heteroatoms. The molecule has 136 valence electrons. The van der Waals surface area contributed by atoms with Crippen LogP contribution in [0.3, 0.4) is 0 Å². The van der Waals surface area contributed by atoms with Crippen LogP contribution in [0.15, 0.2) is 0 Å². The Labute approximate surface area is 136 Å². The third kappa shape index (κ3) is 4.30. The Morgan fingerprint density at radius 3 is 2.62 bits per heavy atom. The molecule has 7 nitrogen and oxygen atoms in total. The van der Waals surface area contributed by atoms with Gasteiger partial charge in [-0.1, -0.05) is 6.92 Å². The summed E-state index contributed by atoms with van der Waals surface area (Å²) in [6.07, 6.45) is -6.26. The Morgan fingerprint density at radius 2 is 2.08 bits per heavy atom. The van der Waals surface area contributed by atoms with Crippen LogP contribution < -0.4 is 5.32 Å². The lowest BCUT2D eigenvalue weighted by Crippen LogP contribution is -2.59. The third-order valence-corrected chi connectivity index (χ3v) is 4.06. The number of carbonyl (C=O) groups is 3. The highest BCUT2D eigenvalue weighted by molar-refractivity contribution is 5.84. The molecular weight excluding hydrogens is 333 g/mol. The summed E-state index contributed by atoms with van der Waals surface area (Å²) in [5, 5.41) is 2.25. The van der Waals surface area contributed by atoms with E-state index in [4.69, 9.17) is 0 Å². The summed E-state index contributed by atoms with van der Waals surface area (Å²) in [6, 6.07) is -1.29. The van der Waals surface area contributed by atoms with Crippen molar-refractivity contribution in [3.63, 3.8) is 0 Å². The molecule has 0 spiro atoms. The van der Waals surface area contributed by atoms with Gasteiger partial charge in [0.1, 0.15) is 6.61 Å². The van der Waals surface area contributed by atoms with E-state index in [9.17, 15) is 27.6 Å². The van der Waals surface area contributed by atoms with Gasteiger partial charge in [0.25, 0.3) is 5.91 Å². The van der Waals surface area contributed by atoms with Crippen LogP contribution in [0.25, 0.3) is 0 Å². The van der Waals surface area contributed by atoms with Crippen LogP contribution in [0.5, 0.6) is 0 Å². The highest BCUT2D eigenvalue weighted by atomic mass is 19.4. The molecule has 0 saturated carbocycles. The first kappa shape index (κ1) is 18.3. The van der Waals surface area contributed by atoms with Crippen LogP contribution in [0.2, 0.25) is 0 Å². The summed E-state index contributed by atoms with van der Waals surface area (Å²) in [5.41, 5.74) is 0. The number of ether oxygens (including phenoxy) is 2. The fraction of sp³-hybridized carbons (Fsp3) is 0.786. The van der Waals surface area contributed by atoms with Crippen molar-refractivity contribution in [3.8, 4) is 0 Å². The maximum absolute atomic E-state index is 13.2. The van der Waals surface area contributed by atoms with Crippen molar-refractivity contribution in [2.75, 3.05) is 19.7 Å². The minimum Gasteiger partial charge on any atom is -0.430 e. The van der Waals surface area contributed by atoms with Crippen LogP contribution in [0.4, 0.5) is 18.0 Å². The number of nitrogens with one attached hydrogen (secondary N) is 1. The molecule has 0 aliphatic carbocycles. The summed E-state index contributed by atoms with van der Waals surface area (Å²) in [7, 11) is 0. The molecule has 0 aromatic heterocycles. The largest absolute Gasteiger partial charge is 0.509 e. The Balaban J connectivity index is 2.05. The number of halogens is 3. The molecule has 3 unspecified atom stereocenters. The van der Waals surface area contributed by atoms with E-state index in [0.29, 0.717) is 6.42 Å². The van der Waals surface area contributed by atoms with Crippen molar-refractivity contribution >= 4 is 18.0 Å². The van der Waals surface area contributed by atoms with E-state index in [0.717, 1.165) is 0 Å². The molecule has 2 amide bonds. The van der Waals surface area contributed by atoms with Crippen LogP contribution in [0.1, 0.15) is 26.2 Å². The maximum Gasteiger partial charge on any atom is 0.509 e. The molecule has 3 atom stereocenters. The number of alkyl halides is 3. The van der Waals surface area contributed by atoms with Gasteiger partial charge in [-0.05, 0) is 12.8 Å². The Hall–Kier alpha value is -2.00. The summed E-state index contributed by atoms with van der Waals surface area (Å²) in [6.45, 7) is 1.23. The molecular formula is C14H19F3N2O5. The van der Waals surface area contributed by atoms with E-state index in [-0.39, 0.29) is 38.4 Å². The van der Waals surface area contributed by atoms with Crippen molar-refractivity contribution in [3.05, 3.63) is 0 Å². The predicted molar refractivity (Wildman–Crippen MR) is 73.8 cm³/mol. The first-order valence-electron chi connectivity index (χ1n) is 7.70. The molecule has 2 aliphatic heterocycles. The van der Waals surface area contributed by atoms with Crippen molar-refractivity contribution in [2.45, 2.75) is 44.5 Å². The molecule has 2 rings (SSSR count). The lowest BCUT2D eigenvalue weighted by molar-refractivity contribution is -0.194. The number of carbonyl (C=O) groups excluding carboxylic acids is 3. The molecule has 2 fully saturated rings. The number of hydrogen-bond donors (Lipinski definition) is 1. The Bertz CT molecular complexity index is 511. The fourth-order valence-corrected chi connectivity index (χ4v) is 2.82. The Morgan fingerprint density at radius 1 is 1.38 bits per heavy atom. The van der Waals surface area contributed by atoms with Crippen LogP contribution in [-0.2, 0) is 19.1 Å². The summed E-state index contributed by atoms with van der Waals surface area (Å²) in [4.78, 5) is 36.1. The zero-order valence-corrected chi connectivity index (χ0v) is 13.1. The highest BCUT2D eigenvalue weighted by Crippen LogP contribution is 2.34. The van der Waals surface area contributed by atoms with Crippen LogP contribution in [0, 0.1) is 5.92 Å². The van der Waals surface area contributed by atoms with E-state index < -0.39 is 36.3 Å². The highest BCUT2D eigenvalue weighted by Gasteiger charge is 2.49. The molecule has 0 bridgehead atoms. The molecule has 2 aliphatic rings. The van der Waals surface area contributed by atoms with Gasteiger partial charge in [-0.2, -0.15) is 13.2 Å². The van der Waals surface area contributed by atoms with Gasteiger partial charge >= 0.3 is 12.3 Å². The second-order valence-corrected chi connectivity index (χ2v) is 5.81. The first-order chi connectivity index (χ1) is 11.2. The van der Waals surface area contributed by atoms with E-state index >= 15 is 0 Å². The number of likely N-dealkylation sites (tertiary alicyclic amines) is 1. The summed E-state index contributed by atoms with van der Waals surface area (Å²) >= 11 is 0. The summed E-state index contributed by atoms with van der Waals surface area (Å²) < 4.78 is 48.6. The third-order valence-electron chi connectivity index (χ3n) is 4.06. The number of nitrogens with zero attached hydrogens (tertiary/aromatic N) is 1. The normalized spacial score (nSPS) is 27.4. The van der Waals surface area contributed by atoms with Crippen molar-refractivity contribution in [1.82, 2.24) is 10.2 Å². The second-order valence-electron chi connectivity index (χ2n) is 5.81. The quantitative estimate of drug-likeness (QED) is 0.769. The van der Waals surface area contributed by atoms with Gasteiger partial charge in [0.15, 0.2) is 0 Å². The average molecular weight is 352 g/mol. The van der Waals surface area contributed by atoms with Crippen molar-refractivity contribution < 1.29 is 37.0 Å². The lowest BCUT2D eigenvalue weighted by atomic mass is 9.90. The number of piperidine rings is 1.